The van der Waals surface area contributed by atoms with Gasteiger partial charge in [-0.25, -0.2) is 0 Å². The van der Waals surface area contributed by atoms with Gasteiger partial charge in [0.05, 0.1) is 5.54 Å². The van der Waals surface area contributed by atoms with E-state index in [1.165, 1.54) is 36.8 Å². The molecule has 0 spiro atoms. The van der Waals surface area contributed by atoms with Crippen LogP contribution in [0.4, 0.5) is 0 Å². The Morgan fingerprint density at radius 1 is 1.00 bits per heavy atom. The predicted octanol–water partition coefficient (Wildman–Crippen LogP) is 3.85. The lowest BCUT2D eigenvalue weighted by molar-refractivity contribution is 0.0679. The summed E-state index contributed by atoms with van der Waals surface area (Å²) in [6.07, 6.45) is 9.52. The molecule has 0 aromatic rings. The van der Waals surface area contributed by atoms with Crippen LogP contribution in [0.15, 0.2) is 23.3 Å². The van der Waals surface area contributed by atoms with Gasteiger partial charge in [0, 0.05) is 19.8 Å². The van der Waals surface area contributed by atoms with Gasteiger partial charge >= 0.3 is 8.80 Å². The average Bonchev–Trinajstić information content (AvgIpc) is 2.84. The molecule has 1 unspecified atom stereocenters. The van der Waals surface area contributed by atoms with Crippen LogP contribution in [0, 0.1) is 0 Å². The number of allylic oxidation sites excluding steroid dienone is 4. The third kappa shape index (κ3) is 3.02. The zero-order chi connectivity index (χ0) is 13.7. The van der Waals surface area contributed by atoms with E-state index in [1.807, 2.05) is 20.8 Å². The minimum Gasteiger partial charge on any atom is -0.373 e. The van der Waals surface area contributed by atoms with Crippen LogP contribution in [0.5, 0.6) is 0 Å². The Hall–Kier alpha value is -0.423. The van der Waals surface area contributed by atoms with Crippen molar-refractivity contribution in [2.45, 2.75) is 52.0 Å². The fraction of sp³-hybridized carbons (Fsp3) is 0.733. The molecule has 4 heteroatoms. The summed E-state index contributed by atoms with van der Waals surface area (Å²) in [7, 11) is -2.62. The third-order valence-electron chi connectivity index (χ3n) is 3.84. The summed E-state index contributed by atoms with van der Waals surface area (Å²) in [5.74, 6) is 0. The Morgan fingerprint density at radius 2 is 1.58 bits per heavy atom. The highest BCUT2D eigenvalue weighted by molar-refractivity contribution is 6.64. The zero-order valence-electron chi connectivity index (χ0n) is 12.4. The summed E-state index contributed by atoms with van der Waals surface area (Å²) in [5.41, 5.74) is 3.28. The normalized spacial score (nSPS) is 23.0. The van der Waals surface area contributed by atoms with Crippen molar-refractivity contribution in [2.24, 2.45) is 0 Å². The highest BCUT2D eigenvalue weighted by Crippen LogP contribution is 2.45. The van der Waals surface area contributed by atoms with Crippen LogP contribution in [-0.4, -0.2) is 28.6 Å². The highest BCUT2D eigenvalue weighted by Gasteiger charge is 2.51. The van der Waals surface area contributed by atoms with E-state index in [-0.39, 0.29) is 5.54 Å². The van der Waals surface area contributed by atoms with Gasteiger partial charge in [0.25, 0.3) is 0 Å². The van der Waals surface area contributed by atoms with Gasteiger partial charge in [-0.2, -0.15) is 0 Å². The Labute approximate surface area is 118 Å². The largest absolute Gasteiger partial charge is 0.512 e. The maximum Gasteiger partial charge on any atom is 0.512 e. The lowest BCUT2D eigenvalue weighted by atomic mass is 9.94. The van der Waals surface area contributed by atoms with Crippen molar-refractivity contribution < 1.29 is 13.3 Å². The quantitative estimate of drug-likeness (QED) is 0.664. The molecule has 0 aliphatic heterocycles. The fourth-order valence-electron chi connectivity index (χ4n) is 3.16. The van der Waals surface area contributed by atoms with Crippen LogP contribution < -0.4 is 0 Å². The summed E-state index contributed by atoms with van der Waals surface area (Å²) >= 11 is 0. The molecular formula is C15H26O3Si. The van der Waals surface area contributed by atoms with Gasteiger partial charge < -0.3 is 13.3 Å². The molecule has 108 valence electrons. The molecular weight excluding hydrogens is 256 g/mol. The van der Waals surface area contributed by atoms with Crippen LogP contribution in [0.25, 0.3) is 0 Å². The smallest absolute Gasteiger partial charge is 0.373 e. The first kappa shape index (κ1) is 15.0. The predicted molar refractivity (Wildman–Crippen MR) is 79.0 cm³/mol. The molecule has 0 saturated carbocycles. The van der Waals surface area contributed by atoms with E-state index in [9.17, 15) is 0 Å². The summed E-state index contributed by atoms with van der Waals surface area (Å²) < 4.78 is 18.2. The van der Waals surface area contributed by atoms with E-state index in [4.69, 9.17) is 13.3 Å². The highest BCUT2D eigenvalue weighted by atomic mass is 28.4. The SMILES string of the molecule is CCO[Si](OCC)(OCC)C1C=CC2=C1CCCC2. The summed E-state index contributed by atoms with van der Waals surface area (Å²) in [6, 6.07) is 0. The van der Waals surface area contributed by atoms with Crippen molar-refractivity contribution in [1.82, 2.24) is 0 Å². The lowest BCUT2D eigenvalue weighted by Crippen LogP contribution is -2.50. The number of rotatable bonds is 7. The maximum absolute atomic E-state index is 6.05. The maximum atomic E-state index is 6.05. The molecule has 2 aliphatic rings. The molecule has 2 aliphatic carbocycles. The van der Waals surface area contributed by atoms with Gasteiger partial charge in [-0.05, 0) is 52.0 Å². The molecule has 0 N–H and O–H groups in total. The molecule has 0 amide bonds. The second-order valence-corrected chi connectivity index (χ2v) is 7.69. The van der Waals surface area contributed by atoms with Crippen LogP contribution in [0.3, 0.4) is 0 Å². The molecule has 19 heavy (non-hydrogen) atoms. The van der Waals surface area contributed by atoms with Gasteiger partial charge in [0.15, 0.2) is 0 Å². The number of hydrogen-bond acceptors (Lipinski definition) is 3. The van der Waals surface area contributed by atoms with Gasteiger partial charge in [-0.15, -0.1) is 0 Å². The molecule has 0 fully saturated rings. The van der Waals surface area contributed by atoms with Gasteiger partial charge in [-0.1, -0.05) is 17.7 Å². The van der Waals surface area contributed by atoms with Crippen molar-refractivity contribution in [1.29, 1.82) is 0 Å². The van der Waals surface area contributed by atoms with Crippen LogP contribution in [0.2, 0.25) is 5.54 Å². The Bertz CT molecular complexity index is 345. The first-order valence-electron chi connectivity index (χ1n) is 7.59. The van der Waals surface area contributed by atoms with Gasteiger partial charge in [-0.3, -0.25) is 0 Å². The van der Waals surface area contributed by atoms with E-state index < -0.39 is 8.80 Å². The topological polar surface area (TPSA) is 27.7 Å². The fourth-order valence-corrected chi connectivity index (χ4v) is 6.24. The molecule has 0 radical (unpaired) electrons. The summed E-state index contributed by atoms with van der Waals surface area (Å²) in [5, 5.41) is 0. The minimum atomic E-state index is -2.62. The molecule has 3 nitrogen and oxygen atoms in total. The third-order valence-corrected chi connectivity index (χ3v) is 7.21. The second-order valence-electron chi connectivity index (χ2n) is 5.00. The average molecular weight is 282 g/mol. The van der Waals surface area contributed by atoms with Crippen LogP contribution in [-0.2, 0) is 13.3 Å². The van der Waals surface area contributed by atoms with Crippen molar-refractivity contribution in [3.8, 4) is 0 Å². The molecule has 1 atom stereocenters. The lowest BCUT2D eigenvalue weighted by Gasteiger charge is -2.35. The first-order chi connectivity index (χ1) is 9.27. The Kier molecular flexibility index (Phi) is 5.39. The van der Waals surface area contributed by atoms with Crippen LogP contribution >= 0.6 is 0 Å². The van der Waals surface area contributed by atoms with E-state index in [0.717, 1.165) is 0 Å². The standard InChI is InChI=1S/C15H26O3Si/c1-4-16-19(17-5-2,18-6-3)15-12-11-13-9-7-8-10-14(13)15/h11-12,15H,4-10H2,1-3H3. The van der Waals surface area contributed by atoms with E-state index in [0.29, 0.717) is 19.8 Å². The van der Waals surface area contributed by atoms with Crippen molar-refractivity contribution in [3.63, 3.8) is 0 Å². The number of hydrogen-bond donors (Lipinski definition) is 0. The molecule has 2 rings (SSSR count). The summed E-state index contributed by atoms with van der Waals surface area (Å²) in [6.45, 7) is 8.02. The Balaban J connectivity index is 2.27. The zero-order valence-corrected chi connectivity index (χ0v) is 13.4. The van der Waals surface area contributed by atoms with Gasteiger partial charge in [0.2, 0.25) is 0 Å². The first-order valence-corrected chi connectivity index (χ1v) is 9.39. The molecule has 0 heterocycles. The van der Waals surface area contributed by atoms with E-state index >= 15 is 0 Å². The Morgan fingerprint density at radius 3 is 2.16 bits per heavy atom. The second kappa shape index (κ2) is 6.84. The molecule has 0 bridgehead atoms. The molecule has 0 aromatic carbocycles. The van der Waals surface area contributed by atoms with Crippen LogP contribution in [0.1, 0.15) is 46.5 Å². The van der Waals surface area contributed by atoms with E-state index in [2.05, 4.69) is 12.2 Å². The minimum absolute atomic E-state index is 0.252. The van der Waals surface area contributed by atoms with Crippen molar-refractivity contribution in [2.75, 3.05) is 19.8 Å². The van der Waals surface area contributed by atoms with Crippen molar-refractivity contribution >= 4 is 8.80 Å². The molecule has 0 saturated heterocycles. The van der Waals surface area contributed by atoms with Gasteiger partial charge in [0.1, 0.15) is 0 Å². The monoisotopic (exact) mass is 282 g/mol. The molecule has 0 aromatic heterocycles. The summed E-state index contributed by atoms with van der Waals surface area (Å²) in [4.78, 5) is 0. The van der Waals surface area contributed by atoms with Crippen molar-refractivity contribution in [3.05, 3.63) is 23.3 Å². The van der Waals surface area contributed by atoms with E-state index in [1.54, 1.807) is 0 Å².